The molecular formula is C14H23N3O. The van der Waals surface area contributed by atoms with Crippen molar-refractivity contribution in [3.63, 3.8) is 0 Å². The van der Waals surface area contributed by atoms with Gasteiger partial charge < -0.3 is 10.2 Å². The molecule has 0 saturated heterocycles. The maximum Gasteiger partial charge on any atom is 0.272 e. The van der Waals surface area contributed by atoms with E-state index in [1.807, 2.05) is 40.0 Å². The first kappa shape index (κ1) is 14.5. The number of carbonyl (C=O) groups is 1. The second-order valence-electron chi connectivity index (χ2n) is 4.88. The molecule has 1 atom stereocenters. The van der Waals surface area contributed by atoms with Crippen molar-refractivity contribution in [2.75, 3.05) is 12.4 Å². The molecule has 0 spiro atoms. The van der Waals surface area contributed by atoms with Crippen LogP contribution in [-0.4, -0.2) is 34.9 Å². The Morgan fingerprint density at radius 2 is 2.06 bits per heavy atom. The summed E-state index contributed by atoms with van der Waals surface area (Å²) in [6.07, 6.45) is 0.937. The maximum absolute atomic E-state index is 12.2. The summed E-state index contributed by atoms with van der Waals surface area (Å²) in [7, 11) is 1.82. The zero-order valence-electron chi connectivity index (χ0n) is 11.9. The molecule has 1 amide bonds. The van der Waals surface area contributed by atoms with Crippen LogP contribution < -0.4 is 5.32 Å². The van der Waals surface area contributed by atoms with Crippen LogP contribution in [0.5, 0.6) is 0 Å². The molecule has 4 heteroatoms. The van der Waals surface area contributed by atoms with E-state index in [-0.39, 0.29) is 11.9 Å². The first-order valence-electron chi connectivity index (χ1n) is 6.46. The second kappa shape index (κ2) is 6.38. The standard InChI is InChI=1S/C14H23N3O/c1-6-11(4)17(5)14(18)12-8-7-9-13(16-12)15-10(2)3/h7-11H,6H2,1-5H3,(H,15,16). The van der Waals surface area contributed by atoms with Gasteiger partial charge in [0.05, 0.1) is 0 Å². The SMILES string of the molecule is CCC(C)N(C)C(=O)c1cccc(NC(C)C)n1. The number of amides is 1. The summed E-state index contributed by atoms with van der Waals surface area (Å²) in [4.78, 5) is 18.3. The van der Waals surface area contributed by atoms with Gasteiger partial charge in [-0.2, -0.15) is 0 Å². The third kappa shape index (κ3) is 3.72. The number of hydrogen-bond donors (Lipinski definition) is 1. The van der Waals surface area contributed by atoms with Crippen LogP contribution in [0.4, 0.5) is 5.82 Å². The molecule has 100 valence electrons. The van der Waals surface area contributed by atoms with E-state index >= 15 is 0 Å². The molecule has 0 fully saturated rings. The van der Waals surface area contributed by atoms with E-state index in [0.29, 0.717) is 11.7 Å². The summed E-state index contributed by atoms with van der Waals surface area (Å²) in [5, 5.41) is 3.20. The molecule has 1 unspecified atom stereocenters. The molecule has 0 aliphatic heterocycles. The van der Waals surface area contributed by atoms with Crippen molar-refractivity contribution in [3.8, 4) is 0 Å². The maximum atomic E-state index is 12.2. The summed E-state index contributed by atoms with van der Waals surface area (Å²) >= 11 is 0. The van der Waals surface area contributed by atoms with Gasteiger partial charge in [0, 0.05) is 19.1 Å². The normalized spacial score (nSPS) is 12.3. The van der Waals surface area contributed by atoms with Crippen molar-refractivity contribution in [2.45, 2.75) is 46.2 Å². The van der Waals surface area contributed by atoms with E-state index in [2.05, 4.69) is 17.2 Å². The highest BCUT2D eigenvalue weighted by Crippen LogP contribution is 2.10. The second-order valence-corrected chi connectivity index (χ2v) is 4.88. The number of nitrogens with zero attached hydrogens (tertiary/aromatic N) is 2. The first-order valence-corrected chi connectivity index (χ1v) is 6.46. The molecule has 1 heterocycles. The molecule has 18 heavy (non-hydrogen) atoms. The van der Waals surface area contributed by atoms with E-state index in [0.717, 1.165) is 12.2 Å². The number of anilines is 1. The summed E-state index contributed by atoms with van der Waals surface area (Å²) in [6.45, 7) is 8.19. The predicted molar refractivity (Wildman–Crippen MR) is 74.8 cm³/mol. The minimum atomic E-state index is -0.0308. The molecule has 1 N–H and O–H groups in total. The summed E-state index contributed by atoms with van der Waals surface area (Å²) in [5.41, 5.74) is 0.489. The lowest BCUT2D eigenvalue weighted by atomic mass is 10.2. The summed E-state index contributed by atoms with van der Waals surface area (Å²) in [5.74, 6) is 0.713. The van der Waals surface area contributed by atoms with Gasteiger partial charge in [-0.05, 0) is 39.3 Å². The topological polar surface area (TPSA) is 45.2 Å². The monoisotopic (exact) mass is 249 g/mol. The van der Waals surface area contributed by atoms with Crippen molar-refractivity contribution in [2.24, 2.45) is 0 Å². The molecule has 0 aromatic carbocycles. The van der Waals surface area contributed by atoms with Crippen LogP contribution in [0, 0.1) is 0 Å². The largest absolute Gasteiger partial charge is 0.368 e. The zero-order valence-corrected chi connectivity index (χ0v) is 11.9. The van der Waals surface area contributed by atoms with E-state index in [1.165, 1.54) is 0 Å². The molecular weight excluding hydrogens is 226 g/mol. The van der Waals surface area contributed by atoms with Gasteiger partial charge in [0.1, 0.15) is 11.5 Å². The molecule has 0 aliphatic rings. The van der Waals surface area contributed by atoms with Crippen LogP contribution in [0.1, 0.15) is 44.6 Å². The number of aromatic nitrogens is 1. The fourth-order valence-corrected chi connectivity index (χ4v) is 1.58. The van der Waals surface area contributed by atoms with Crippen LogP contribution in [0.15, 0.2) is 18.2 Å². The Morgan fingerprint density at radius 3 is 2.61 bits per heavy atom. The Labute approximate surface area is 109 Å². The number of rotatable bonds is 5. The van der Waals surface area contributed by atoms with E-state index in [4.69, 9.17) is 0 Å². The van der Waals surface area contributed by atoms with Crippen molar-refractivity contribution < 1.29 is 4.79 Å². The number of pyridine rings is 1. The van der Waals surface area contributed by atoms with E-state index in [9.17, 15) is 4.79 Å². The van der Waals surface area contributed by atoms with Crippen LogP contribution in [0.25, 0.3) is 0 Å². The quantitative estimate of drug-likeness (QED) is 0.872. The highest BCUT2D eigenvalue weighted by Gasteiger charge is 2.17. The minimum absolute atomic E-state index is 0.0308. The van der Waals surface area contributed by atoms with E-state index < -0.39 is 0 Å². The van der Waals surface area contributed by atoms with Crippen molar-refractivity contribution in [3.05, 3.63) is 23.9 Å². The molecule has 0 aliphatic carbocycles. The summed E-state index contributed by atoms with van der Waals surface area (Å²) in [6, 6.07) is 6.01. The van der Waals surface area contributed by atoms with Crippen LogP contribution >= 0.6 is 0 Å². The van der Waals surface area contributed by atoms with Gasteiger partial charge in [-0.25, -0.2) is 4.98 Å². The van der Waals surface area contributed by atoms with Crippen molar-refractivity contribution in [1.29, 1.82) is 0 Å². The average molecular weight is 249 g/mol. The third-order valence-electron chi connectivity index (χ3n) is 2.98. The lowest BCUT2D eigenvalue weighted by Crippen LogP contribution is -2.35. The molecule has 1 aromatic heterocycles. The van der Waals surface area contributed by atoms with Crippen molar-refractivity contribution >= 4 is 11.7 Å². The van der Waals surface area contributed by atoms with Crippen LogP contribution in [0.2, 0.25) is 0 Å². The van der Waals surface area contributed by atoms with Crippen molar-refractivity contribution in [1.82, 2.24) is 9.88 Å². The molecule has 1 aromatic rings. The van der Waals surface area contributed by atoms with E-state index in [1.54, 1.807) is 11.0 Å². The number of carbonyl (C=O) groups excluding carboxylic acids is 1. The Hall–Kier alpha value is -1.58. The predicted octanol–water partition coefficient (Wildman–Crippen LogP) is 2.77. The molecule has 0 bridgehead atoms. The Bertz CT molecular complexity index is 404. The van der Waals surface area contributed by atoms with Gasteiger partial charge >= 0.3 is 0 Å². The number of hydrogen-bond acceptors (Lipinski definition) is 3. The fraction of sp³-hybridized carbons (Fsp3) is 0.571. The molecule has 0 saturated carbocycles. The molecule has 0 radical (unpaired) electrons. The third-order valence-corrected chi connectivity index (χ3v) is 2.98. The highest BCUT2D eigenvalue weighted by molar-refractivity contribution is 5.92. The van der Waals surface area contributed by atoms with Crippen LogP contribution in [-0.2, 0) is 0 Å². The fourth-order valence-electron chi connectivity index (χ4n) is 1.58. The smallest absolute Gasteiger partial charge is 0.272 e. The van der Waals surface area contributed by atoms with Gasteiger partial charge in [0.15, 0.2) is 0 Å². The van der Waals surface area contributed by atoms with Gasteiger partial charge in [-0.15, -0.1) is 0 Å². The lowest BCUT2D eigenvalue weighted by molar-refractivity contribution is 0.0735. The van der Waals surface area contributed by atoms with Crippen LogP contribution in [0.3, 0.4) is 0 Å². The Morgan fingerprint density at radius 1 is 1.39 bits per heavy atom. The zero-order chi connectivity index (χ0) is 13.7. The lowest BCUT2D eigenvalue weighted by Gasteiger charge is -2.23. The number of nitrogens with one attached hydrogen (secondary N) is 1. The summed E-state index contributed by atoms with van der Waals surface area (Å²) < 4.78 is 0. The van der Waals surface area contributed by atoms with Gasteiger partial charge in [0.2, 0.25) is 0 Å². The van der Waals surface area contributed by atoms with Gasteiger partial charge in [0.25, 0.3) is 5.91 Å². The Balaban J connectivity index is 2.86. The Kier molecular flexibility index (Phi) is 5.13. The van der Waals surface area contributed by atoms with Gasteiger partial charge in [-0.1, -0.05) is 13.0 Å². The highest BCUT2D eigenvalue weighted by atomic mass is 16.2. The van der Waals surface area contributed by atoms with Gasteiger partial charge in [-0.3, -0.25) is 4.79 Å². The minimum Gasteiger partial charge on any atom is -0.368 e. The average Bonchev–Trinajstić information content (AvgIpc) is 2.35. The molecule has 4 nitrogen and oxygen atoms in total. The first-order chi connectivity index (χ1) is 8.45. The molecule has 1 rings (SSSR count).